The van der Waals surface area contributed by atoms with Crippen molar-refractivity contribution in [2.75, 3.05) is 13.7 Å². The number of carbonyl (C=O) groups is 2. The fourth-order valence-electron chi connectivity index (χ4n) is 2.68. The van der Waals surface area contributed by atoms with Gasteiger partial charge in [-0.15, -0.1) is 0 Å². The van der Waals surface area contributed by atoms with Crippen LogP contribution in [-0.2, 0) is 18.3 Å². The fourth-order valence-corrected chi connectivity index (χ4v) is 2.68. The van der Waals surface area contributed by atoms with Gasteiger partial charge in [-0.2, -0.15) is 10.2 Å². The predicted molar refractivity (Wildman–Crippen MR) is 98.5 cm³/mol. The second-order valence-corrected chi connectivity index (χ2v) is 6.04. The third kappa shape index (κ3) is 4.05. The third-order valence-electron chi connectivity index (χ3n) is 4.06. The van der Waals surface area contributed by atoms with Gasteiger partial charge in [0, 0.05) is 39.1 Å². The molecule has 8 heteroatoms. The number of hydrogen-bond acceptors (Lipinski definition) is 5. The molecule has 0 aliphatic carbocycles. The molecule has 0 atom stereocenters. The Kier molecular flexibility index (Phi) is 5.35. The molecule has 1 aromatic carbocycles. The molecule has 8 nitrogen and oxygen atoms in total. The van der Waals surface area contributed by atoms with Gasteiger partial charge in [0.1, 0.15) is 5.69 Å². The van der Waals surface area contributed by atoms with Gasteiger partial charge in [0.25, 0.3) is 5.91 Å². The highest BCUT2D eigenvalue weighted by atomic mass is 16.5. The number of aryl methyl sites for hydroxylation is 1. The maximum absolute atomic E-state index is 12.6. The Balaban J connectivity index is 1.69. The van der Waals surface area contributed by atoms with Gasteiger partial charge in [0.05, 0.1) is 12.3 Å². The molecule has 27 heavy (non-hydrogen) atoms. The van der Waals surface area contributed by atoms with Crippen molar-refractivity contribution in [1.82, 2.24) is 24.5 Å². The molecule has 0 spiro atoms. The van der Waals surface area contributed by atoms with Gasteiger partial charge < -0.3 is 9.64 Å². The van der Waals surface area contributed by atoms with Gasteiger partial charge in [0.2, 0.25) is 0 Å². The molecule has 140 valence electrons. The van der Waals surface area contributed by atoms with Crippen LogP contribution in [0.5, 0.6) is 0 Å². The summed E-state index contributed by atoms with van der Waals surface area (Å²) in [5.41, 5.74) is 2.37. The van der Waals surface area contributed by atoms with E-state index in [0.717, 1.165) is 11.3 Å². The van der Waals surface area contributed by atoms with Crippen molar-refractivity contribution in [3.05, 3.63) is 65.7 Å². The molecule has 0 saturated carbocycles. The van der Waals surface area contributed by atoms with Gasteiger partial charge in [-0.3, -0.25) is 9.48 Å². The van der Waals surface area contributed by atoms with E-state index in [-0.39, 0.29) is 23.9 Å². The lowest BCUT2D eigenvalue weighted by Crippen LogP contribution is -2.26. The lowest BCUT2D eigenvalue weighted by Gasteiger charge is -2.16. The number of ether oxygens (including phenoxy) is 1. The largest absolute Gasteiger partial charge is 0.461 e. The normalized spacial score (nSPS) is 10.6. The zero-order valence-corrected chi connectivity index (χ0v) is 15.5. The molecule has 1 amide bonds. The number of carbonyl (C=O) groups excluding carboxylic acids is 2. The quantitative estimate of drug-likeness (QED) is 0.623. The summed E-state index contributed by atoms with van der Waals surface area (Å²) in [7, 11) is 3.31. The van der Waals surface area contributed by atoms with Gasteiger partial charge in [-0.25, -0.2) is 9.48 Å². The maximum Gasteiger partial charge on any atom is 0.356 e. The average molecular weight is 367 g/mol. The Morgan fingerprint density at radius 3 is 2.59 bits per heavy atom. The highest BCUT2D eigenvalue weighted by molar-refractivity contribution is 5.95. The Morgan fingerprint density at radius 2 is 1.96 bits per heavy atom. The van der Waals surface area contributed by atoms with Crippen LogP contribution in [0.15, 0.2) is 48.8 Å². The summed E-state index contributed by atoms with van der Waals surface area (Å²) in [6.07, 6.45) is 3.59. The van der Waals surface area contributed by atoms with Crippen LogP contribution in [-0.4, -0.2) is 50.0 Å². The number of amides is 1. The SMILES string of the molecule is CCOC(=O)c1cc(C(=O)N(C)Cc2ccc(-n3cccn3)cc2)nn1C. The van der Waals surface area contributed by atoms with E-state index in [2.05, 4.69) is 10.2 Å². The first-order valence-corrected chi connectivity index (χ1v) is 8.55. The minimum Gasteiger partial charge on any atom is -0.461 e. The fraction of sp³-hybridized carbons (Fsp3) is 0.263. The minimum absolute atomic E-state index is 0.205. The molecule has 0 aliphatic heterocycles. The Bertz CT molecular complexity index is 929. The molecule has 3 rings (SSSR count). The standard InChI is InChI=1S/C19H21N5O3/c1-4-27-19(26)17-12-16(21-23(17)3)18(25)22(2)13-14-6-8-15(9-7-14)24-11-5-10-20-24/h5-12H,4,13H2,1-3H3. The van der Waals surface area contributed by atoms with E-state index in [4.69, 9.17) is 4.74 Å². The summed E-state index contributed by atoms with van der Waals surface area (Å²) in [4.78, 5) is 26.1. The Hall–Kier alpha value is -3.42. The van der Waals surface area contributed by atoms with Crippen LogP contribution in [0.3, 0.4) is 0 Å². The molecule has 0 aliphatic rings. The summed E-state index contributed by atoms with van der Waals surface area (Å²) >= 11 is 0. The summed E-state index contributed by atoms with van der Waals surface area (Å²) in [6, 6.07) is 11.1. The van der Waals surface area contributed by atoms with Crippen LogP contribution in [0.1, 0.15) is 33.5 Å². The molecule has 0 bridgehead atoms. The monoisotopic (exact) mass is 367 g/mol. The average Bonchev–Trinajstić information content (AvgIpc) is 3.32. The van der Waals surface area contributed by atoms with Gasteiger partial charge in [-0.05, 0) is 30.7 Å². The van der Waals surface area contributed by atoms with Crippen molar-refractivity contribution < 1.29 is 14.3 Å². The van der Waals surface area contributed by atoms with Crippen molar-refractivity contribution in [2.45, 2.75) is 13.5 Å². The van der Waals surface area contributed by atoms with Crippen LogP contribution in [0.4, 0.5) is 0 Å². The van der Waals surface area contributed by atoms with E-state index >= 15 is 0 Å². The molecule has 0 unspecified atom stereocenters. The van der Waals surface area contributed by atoms with Crippen LogP contribution in [0.25, 0.3) is 5.69 Å². The molecule has 2 aromatic heterocycles. The third-order valence-corrected chi connectivity index (χ3v) is 4.06. The van der Waals surface area contributed by atoms with E-state index in [1.54, 1.807) is 36.8 Å². The first-order valence-electron chi connectivity index (χ1n) is 8.55. The van der Waals surface area contributed by atoms with E-state index < -0.39 is 5.97 Å². The van der Waals surface area contributed by atoms with Crippen LogP contribution in [0.2, 0.25) is 0 Å². The molecule has 0 fully saturated rings. The second-order valence-electron chi connectivity index (χ2n) is 6.04. The number of rotatable bonds is 6. The molecular weight excluding hydrogens is 346 g/mol. The van der Waals surface area contributed by atoms with E-state index in [0.29, 0.717) is 6.54 Å². The molecule has 0 radical (unpaired) electrons. The summed E-state index contributed by atoms with van der Waals surface area (Å²) in [5, 5.41) is 8.32. The molecule has 3 aromatic rings. The van der Waals surface area contributed by atoms with Crippen molar-refractivity contribution in [3.8, 4) is 5.69 Å². The smallest absolute Gasteiger partial charge is 0.356 e. The van der Waals surface area contributed by atoms with Crippen molar-refractivity contribution >= 4 is 11.9 Å². The molecule has 0 N–H and O–H groups in total. The lowest BCUT2D eigenvalue weighted by molar-refractivity contribution is 0.0513. The van der Waals surface area contributed by atoms with E-state index in [1.165, 1.54) is 10.7 Å². The van der Waals surface area contributed by atoms with E-state index in [1.807, 2.05) is 36.5 Å². The molecule has 2 heterocycles. The number of benzene rings is 1. The number of esters is 1. The van der Waals surface area contributed by atoms with Gasteiger partial charge in [-0.1, -0.05) is 12.1 Å². The number of nitrogens with zero attached hydrogens (tertiary/aromatic N) is 5. The maximum atomic E-state index is 12.6. The van der Waals surface area contributed by atoms with Gasteiger partial charge in [0.15, 0.2) is 5.69 Å². The number of hydrogen-bond donors (Lipinski definition) is 0. The van der Waals surface area contributed by atoms with Crippen LogP contribution in [0, 0.1) is 0 Å². The zero-order valence-electron chi connectivity index (χ0n) is 15.5. The Morgan fingerprint density at radius 1 is 1.22 bits per heavy atom. The first-order chi connectivity index (χ1) is 13.0. The minimum atomic E-state index is -0.497. The first kappa shape index (κ1) is 18.4. The predicted octanol–water partition coefficient (Wildman–Crippen LogP) is 2.05. The van der Waals surface area contributed by atoms with Crippen molar-refractivity contribution in [2.24, 2.45) is 7.05 Å². The zero-order chi connectivity index (χ0) is 19.4. The summed E-state index contributed by atoms with van der Waals surface area (Å²) in [5.74, 6) is -0.763. The van der Waals surface area contributed by atoms with Crippen LogP contribution < -0.4 is 0 Å². The van der Waals surface area contributed by atoms with Gasteiger partial charge >= 0.3 is 5.97 Å². The van der Waals surface area contributed by atoms with Crippen molar-refractivity contribution in [3.63, 3.8) is 0 Å². The lowest BCUT2D eigenvalue weighted by atomic mass is 10.2. The summed E-state index contributed by atoms with van der Waals surface area (Å²) in [6.45, 7) is 2.41. The Labute approximate surface area is 157 Å². The van der Waals surface area contributed by atoms with E-state index in [9.17, 15) is 9.59 Å². The molecule has 0 saturated heterocycles. The highest BCUT2D eigenvalue weighted by Crippen LogP contribution is 2.13. The molecular formula is C19H21N5O3. The van der Waals surface area contributed by atoms with Crippen molar-refractivity contribution in [1.29, 1.82) is 0 Å². The number of aromatic nitrogens is 4. The highest BCUT2D eigenvalue weighted by Gasteiger charge is 2.21. The second kappa shape index (κ2) is 7.86. The summed E-state index contributed by atoms with van der Waals surface area (Å²) < 4.78 is 8.09. The van der Waals surface area contributed by atoms with Crippen LogP contribution >= 0.6 is 0 Å². The topological polar surface area (TPSA) is 82.2 Å².